The number of nitrogens with one attached hydrogen (secondary N) is 1. The summed E-state index contributed by atoms with van der Waals surface area (Å²) >= 11 is 7.73. The molecule has 1 aromatic carbocycles. The maximum atomic E-state index is 13.5. The van der Waals surface area contributed by atoms with Crippen LogP contribution < -0.4 is 5.32 Å². The summed E-state index contributed by atoms with van der Waals surface area (Å²) in [4.78, 5) is 42.3. The lowest BCUT2D eigenvalue weighted by molar-refractivity contribution is -0.122. The molecule has 12 heteroatoms. The van der Waals surface area contributed by atoms with Gasteiger partial charge >= 0.3 is 5.97 Å². The fourth-order valence-corrected chi connectivity index (χ4v) is 5.34. The molecule has 2 aromatic heterocycles. The maximum Gasteiger partial charge on any atom is 0.354 e. The highest BCUT2D eigenvalue weighted by Gasteiger charge is 2.32. The van der Waals surface area contributed by atoms with E-state index in [0.29, 0.717) is 20.4 Å². The number of pyridine rings is 1. The van der Waals surface area contributed by atoms with Crippen molar-refractivity contribution >= 4 is 69.3 Å². The molecule has 0 spiro atoms. The number of carboxylic acids is 1. The van der Waals surface area contributed by atoms with E-state index < -0.39 is 23.5 Å². The Hall–Kier alpha value is -3.48. The van der Waals surface area contributed by atoms with Gasteiger partial charge in [0.1, 0.15) is 10.1 Å². The third-order valence-electron chi connectivity index (χ3n) is 4.82. The number of thiophene rings is 1. The van der Waals surface area contributed by atoms with Crippen LogP contribution in [-0.2, 0) is 9.59 Å². The molecule has 1 aliphatic heterocycles. The number of benzene rings is 1. The van der Waals surface area contributed by atoms with Crippen molar-refractivity contribution in [2.24, 2.45) is 0 Å². The Morgan fingerprint density at radius 2 is 1.94 bits per heavy atom. The number of aromatic nitrogens is 1. The lowest BCUT2D eigenvalue weighted by Crippen LogP contribution is -2.31. The summed E-state index contributed by atoms with van der Waals surface area (Å²) in [5.74, 6) is -3.78. The van der Waals surface area contributed by atoms with Gasteiger partial charge in [-0.2, -0.15) is 0 Å². The highest BCUT2D eigenvalue weighted by molar-refractivity contribution is 8.26. The number of thiocarbonyl (C=S) groups is 1. The average Bonchev–Trinajstić information content (AvgIpc) is 3.39. The molecule has 3 heterocycles. The molecular weight excluding hydrogens is 516 g/mol. The van der Waals surface area contributed by atoms with Crippen molar-refractivity contribution < 1.29 is 28.3 Å². The highest BCUT2D eigenvalue weighted by atomic mass is 32.2. The van der Waals surface area contributed by atoms with Gasteiger partial charge in [0.15, 0.2) is 17.3 Å². The van der Waals surface area contributed by atoms with Crippen molar-refractivity contribution in [3.05, 3.63) is 75.0 Å². The van der Waals surface area contributed by atoms with Crippen LogP contribution in [0.5, 0.6) is 0 Å². The largest absolute Gasteiger partial charge is 0.477 e. The van der Waals surface area contributed by atoms with Crippen molar-refractivity contribution in [2.75, 3.05) is 11.9 Å². The average molecular weight is 532 g/mol. The number of hydrogen-bond acceptors (Lipinski definition) is 7. The van der Waals surface area contributed by atoms with Crippen molar-refractivity contribution in [3.8, 4) is 11.1 Å². The van der Waals surface area contributed by atoms with Crippen molar-refractivity contribution in [1.82, 2.24) is 9.88 Å². The predicted octanol–water partition coefficient (Wildman–Crippen LogP) is 5.02. The Labute approximate surface area is 211 Å². The van der Waals surface area contributed by atoms with E-state index in [1.54, 1.807) is 17.5 Å². The molecule has 0 bridgehead atoms. The third-order valence-corrected chi connectivity index (χ3v) is 7.08. The molecule has 0 atom stereocenters. The van der Waals surface area contributed by atoms with Crippen LogP contribution in [0.3, 0.4) is 0 Å². The van der Waals surface area contributed by atoms with Gasteiger partial charge in [-0.15, -0.1) is 11.3 Å². The number of nitrogens with zero attached hydrogens (tertiary/aromatic N) is 2. The number of amides is 2. The van der Waals surface area contributed by atoms with Crippen molar-refractivity contribution in [1.29, 1.82) is 0 Å². The van der Waals surface area contributed by atoms with Gasteiger partial charge in [0.05, 0.1) is 4.91 Å². The first kappa shape index (κ1) is 24.6. The molecule has 178 valence electrons. The zero-order chi connectivity index (χ0) is 25.1. The lowest BCUT2D eigenvalue weighted by Gasteiger charge is -2.14. The summed E-state index contributed by atoms with van der Waals surface area (Å²) < 4.78 is 27.0. The Morgan fingerprint density at radius 3 is 2.69 bits per heavy atom. The molecule has 0 unspecified atom stereocenters. The summed E-state index contributed by atoms with van der Waals surface area (Å²) in [6, 6.07) is 9.63. The van der Waals surface area contributed by atoms with E-state index in [2.05, 4.69) is 10.3 Å². The Kier molecular flexibility index (Phi) is 7.34. The first-order valence-corrected chi connectivity index (χ1v) is 12.1. The number of carbonyl (C=O) groups excluding carboxylic acids is 2. The first-order valence-electron chi connectivity index (χ1n) is 10.0. The van der Waals surface area contributed by atoms with E-state index in [4.69, 9.17) is 17.3 Å². The first-order chi connectivity index (χ1) is 16.7. The van der Waals surface area contributed by atoms with E-state index >= 15 is 0 Å². The summed E-state index contributed by atoms with van der Waals surface area (Å²) in [5, 5.41) is 13.3. The minimum Gasteiger partial charge on any atom is -0.477 e. The van der Waals surface area contributed by atoms with Gasteiger partial charge in [-0.25, -0.2) is 18.6 Å². The SMILES string of the molecule is O=C(CCN1C(=O)/C(=C/c2cc(-c3ccc(F)c(F)c3)cs2)SC1=S)Nc1cccc(C(=O)O)n1. The van der Waals surface area contributed by atoms with Gasteiger partial charge in [0, 0.05) is 17.8 Å². The number of rotatable bonds is 7. The van der Waals surface area contributed by atoms with E-state index in [1.165, 1.54) is 40.5 Å². The second-order valence-electron chi connectivity index (χ2n) is 7.21. The minimum absolute atomic E-state index is 0.0387. The van der Waals surface area contributed by atoms with E-state index in [-0.39, 0.29) is 30.4 Å². The minimum atomic E-state index is -1.21. The predicted molar refractivity (Wildman–Crippen MR) is 134 cm³/mol. The molecule has 2 amide bonds. The van der Waals surface area contributed by atoms with E-state index in [0.717, 1.165) is 28.8 Å². The van der Waals surface area contributed by atoms with Gasteiger partial charge in [-0.3, -0.25) is 14.5 Å². The Balaban J connectivity index is 1.39. The normalized spacial score (nSPS) is 14.6. The topological polar surface area (TPSA) is 99.6 Å². The summed E-state index contributed by atoms with van der Waals surface area (Å²) in [6.07, 6.45) is 1.59. The molecule has 2 N–H and O–H groups in total. The molecule has 0 aliphatic carbocycles. The van der Waals surface area contributed by atoms with Gasteiger partial charge < -0.3 is 10.4 Å². The lowest BCUT2D eigenvalue weighted by atomic mass is 10.1. The molecule has 0 saturated carbocycles. The Bertz CT molecular complexity index is 1390. The number of carboxylic acid groups (broad SMARTS) is 1. The number of halogens is 2. The molecule has 1 aliphatic rings. The quantitative estimate of drug-likeness (QED) is 0.326. The monoisotopic (exact) mass is 531 g/mol. The van der Waals surface area contributed by atoms with Gasteiger partial charge in [-0.1, -0.05) is 36.1 Å². The van der Waals surface area contributed by atoms with Crippen LogP contribution in [0.15, 0.2) is 52.7 Å². The van der Waals surface area contributed by atoms with Crippen LogP contribution in [0.1, 0.15) is 21.8 Å². The zero-order valence-electron chi connectivity index (χ0n) is 17.7. The molecule has 3 aromatic rings. The maximum absolute atomic E-state index is 13.5. The molecule has 4 rings (SSSR count). The summed E-state index contributed by atoms with van der Waals surface area (Å²) in [7, 11) is 0. The fourth-order valence-electron chi connectivity index (χ4n) is 3.12. The van der Waals surface area contributed by atoms with E-state index in [9.17, 15) is 23.2 Å². The van der Waals surface area contributed by atoms with Gasteiger partial charge in [-0.05, 0) is 52.9 Å². The molecule has 35 heavy (non-hydrogen) atoms. The Morgan fingerprint density at radius 1 is 1.14 bits per heavy atom. The smallest absolute Gasteiger partial charge is 0.354 e. The van der Waals surface area contributed by atoms with Crippen LogP contribution in [0.25, 0.3) is 17.2 Å². The van der Waals surface area contributed by atoms with Crippen molar-refractivity contribution in [3.63, 3.8) is 0 Å². The molecule has 1 fully saturated rings. The number of thioether (sulfide) groups is 1. The van der Waals surface area contributed by atoms with E-state index in [1.807, 2.05) is 0 Å². The molecule has 7 nitrogen and oxygen atoms in total. The van der Waals surface area contributed by atoms with Crippen LogP contribution in [0.2, 0.25) is 0 Å². The second kappa shape index (κ2) is 10.4. The summed E-state index contributed by atoms with van der Waals surface area (Å²) in [5.41, 5.74) is 1.00. The number of anilines is 1. The number of aromatic carboxylic acids is 1. The second-order valence-corrected chi connectivity index (χ2v) is 9.83. The highest BCUT2D eigenvalue weighted by Crippen LogP contribution is 2.35. The van der Waals surface area contributed by atoms with Crippen LogP contribution >= 0.6 is 35.3 Å². The van der Waals surface area contributed by atoms with Crippen LogP contribution in [0.4, 0.5) is 14.6 Å². The third kappa shape index (κ3) is 5.78. The van der Waals surface area contributed by atoms with Crippen molar-refractivity contribution in [2.45, 2.75) is 6.42 Å². The van der Waals surface area contributed by atoms with Gasteiger partial charge in [0.2, 0.25) is 5.91 Å². The van der Waals surface area contributed by atoms with Crippen LogP contribution in [-0.4, -0.2) is 43.6 Å². The molecule has 0 radical (unpaired) electrons. The fraction of sp³-hybridized carbons (Fsp3) is 0.0870. The summed E-state index contributed by atoms with van der Waals surface area (Å²) in [6.45, 7) is 0.0387. The zero-order valence-corrected chi connectivity index (χ0v) is 20.1. The molecular formula is C23H15F2N3O4S3. The van der Waals surface area contributed by atoms with Gasteiger partial charge in [0.25, 0.3) is 5.91 Å². The number of hydrogen-bond donors (Lipinski definition) is 2. The molecule has 1 saturated heterocycles. The number of carbonyl (C=O) groups is 3. The van der Waals surface area contributed by atoms with Crippen LogP contribution in [0, 0.1) is 11.6 Å². The standard InChI is InChI=1S/C23H15F2N3O4S3/c24-15-5-4-12(9-16(15)25)13-8-14(34-11-13)10-18-21(30)28(23(33)35-18)7-6-20(29)27-19-3-1-2-17(26-19)22(31)32/h1-5,8-11H,6-7H2,(H,31,32)(H,26,27,29)/b18-10-.